The van der Waals surface area contributed by atoms with Gasteiger partial charge in [-0.25, -0.2) is 8.42 Å². The van der Waals surface area contributed by atoms with E-state index in [9.17, 15) is 13.2 Å². The molecular formula is C15H16N2O3S3. The Morgan fingerprint density at radius 1 is 1.04 bits per heavy atom. The van der Waals surface area contributed by atoms with Gasteiger partial charge < -0.3 is 4.90 Å². The molecule has 1 aliphatic rings. The zero-order valence-electron chi connectivity index (χ0n) is 12.3. The van der Waals surface area contributed by atoms with Crippen molar-refractivity contribution in [3.63, 3.8) is 0 Å². The van der Waals surface area contributed by atoms with E-state index in [-0.39, 0.29) is 5.91 Å². The zero-order valence-corrected chi connectivity index (χ0v) is 14.7. The number of carbonyl (C=O) groups is 1. The molecule has 0 saturated carbocycles. The van der Waals surface area contributed by atoms with Crippen molar-refractivity contribution >= 4 is 44.7 Å². The monoisotopic (exact) mass is 368 g/mol. The lowest BCUT2D eigenvalue weighted by Gasteiger charge is -2.33. The van der Waals surface area contributed by atoms with Crippen molar-refractivity contribution in [2.24, 2.45) is 0 Å². The second kappa shape index (κ2) is 6.96. The summed E-state index contributed by atoms with van der Waals surface area (Å²) >= 11 is 2.79. The van der Waals surface area contributed by atoms with Crippen LogP contribution in [0, 0.1) is 0 Å². The lowest BCUT2D eigenvalue weighted by atomic mass is 10.3. The number of hydrogen-bond acceptors (Lipinski definition) is 5. The molecule has 0 aliphatic carbocycles. The smallest absolute Gasteiger partial charge is 0.252 e. The minimum absolute atomic E-state index is 0.0772. The van der Waals surface area contributed by atoms with Crippen molar-refractivity contribution in [2.45, 2.75) is 4.21 Å². The van der Waals surface area contributed by atoms with Crippen LogP contribution in [0.1, 0.15) is 4.88 Å². The molecule has 0 atom stereocenters. The van der Waals surface area contributed by atoms with Crippen molar-refractivity contribution in [1.82, 2.24) is 9.21 Å². The first-order valence-corrected chi connectivity index (χ1v) is 10.3. The maximum atomic E-state index is 12.4. The summed E-state index contributed by atoms with van der Waals surface area (Å²) in [5.74, 6) is -0.0772. The van der Waals surface area contributed by atoms with Crippen LogP contribution >= 0.6 is 22.7 Å². The SMILES string of the molecule is O=C(/C=C/c1cccs1)N1CCN(S(=O)(=O)c2cccs2)CC1. The summed E-state index contributed by atoms with van der Waals surface area (Å²) in [6.45, 7) is 1.49. The molecule has 0 unspecified atom stereocenters. The number of carbonyl (C=O) groups excluding carboxylic acids is 1. The van der Waals surface area contributed by atoms with Crippen LogP contribution in [0.5, 0.6) is 0 Å². The van der Waals surface area contributed by atoms with E-state index in [1.165, 1.54) is 15.6 Å². The number of sulfonamides is 1. The van der Waals surface area contributed by atoms with Crippen LogP contribution in [0.3, 0.4) is 0 Å². The summed E-state index contributed by atoms with van der Waals surface area (Å²) in [7, 11) is -3.42. The lowest BCUT2D eigenvalue weighted by Crippen LogP contribution is -2.50. The minimum atomic E-state index is -3.42. The second-order valence-electron chi connectivity index (χ2n) is 5.01. The van der Waals surface area contributed by atoms with Crippen molar-refractivity contribution < 1.29 is 13.2 Å². The van der Waals surface area contributed by atoms with Gasteiger partial charge in [-0.15, -0.1) is 22.7 Å². The van der Waals surface area contributed by atoms with Crippen LogP contribution < -0.4 is 0 Å². The summed E-state index contributed by atoms with van der Waals surface area (Å²) in [4.78, 5) is 14.9. The van der Waals surface area contributed by atoms with Crippen LogP contribution in [-0.4, -0.2) is 49.7 Å². The van der Waals surface area contributed by atoms with Gasteiger partial charge in [-0.3, -0.25) is 4.79 Å². The number of thiophene rings is 2. The average molecular weight is 369 g/mol. The van der Waals surface area contributed by atoms with E-state index in [0.29, 0.717) is 30.4 Å². The Balaban J connectivity index is 1.59. The quantitative estimate of drug-likeness (QED) is 0.779. The third-order valence-corrected chi connectivity index (χ3v) is 7.68. The van der Waals surface area contributed by atoms with Crippen molar-refractivity contribution in [3.8, 4) is 0 Å². The van der Waals surface area contributed by atoms with Crippen LogP contribution in [0.2, 0.25) is 0 Å². The van der Waals surface area contributed by atoms with Crippen LogP contribution in [-0.2, 0) is 14.8 Å². The summed E-state index contributed by atoms with van der Waals surface area (Å²) in [5.41, 5.74) is 0. The fourth-order valence-corrected chi connectivity index (χ4v) is 5.52. The average Bonchev–Trinajstić information content (AvgIpc) is 3.26. The Morgan fingerprint density at radius 2 is 1.74 bits per heavy atom. The molecule has 0 N–H and O–H groups in total. The Labute approximate surface area is 143 Å². The van der Waals surface area contributed by atoms with Gasteiger partial charge in [0.2, 0.25) is 5.91 Å². The Kier molecular flexibility index (Phi) is 4.96. The highest BCUT2D eigenvalue weighted by atomic mass is 32.2. The normalized spacial score (nSPS) is 17.0. The topological polar surface area (TPSA) is 57.7 Å². The minimum Gasteiger partial charge on any atom is -0.337 e. The van der Waals surface area contributed by atoms with Crippen LogP contribution in [0.15, 0.2) is 45.3 Å². The Hall–Kier alpha value is -1.48. The van der Waals surface area contributed by atoms with Crippen molar-refractivity contribution in [2.75, 3.05) is 26.2 Å². The molecule has 1 amide bonds. The molecule has 2 aromatic heterocycles. The number of hydrogen-bond donors (Lipinski definition) is 0. The van der Waals surface area contributed by atoms with Gasteiger partial charge in [0.1, 0.15) is 4.21 Å². The summed E-state index contributed by atoms with van der Waals surface area (Å²) < 4.78 is 26.7. The highest BCUT2D eigenvalue weighted by molar-refractivity contribution is 7.91. The fraction of sp³-hybridized carbons (Fsp3) is 0.267. The maximum absolute atomic E-state index is 12.4. The molecule has 23 heavy (non-hydrogen) atoms. The molecule has 1 fully saturated rings. The van der Waals surface area contributed by atoms with Gasteiger partial charge in [0.15, 0.2) is 0 Å². The largest absolute Gasteiger partial charge is 0.337 e. The maximum Gasteiger partial charge on any atom is 0.252 e. The second-order valence-corrected chi connectivity index (χ2v) is 9.10. The molecule has 3 heterocycles. The lowest BCUT2D eigenvalue weighted by molar-refractivity contribution is -0.127. The van der Waals surface area contributed by atoms with E-state index in [0.717, 1.165) is 4.88 Å². The molecule has 1 aliphatic heterocycles. The summed E-state index contributed by atoms with van der Waals surface area (Å²) in [6, 6.07) is 7.22. The van der Waals surface area contributed by atoms with Gasteiger partial charge in [0.05, 0.1) is 0 Å². The van der Waals surface area contributed by atoms with E-state index in [2.05, 4.69) is 0 Å². The molecular weight excluding hydrogens is 352 g/mol. The molecule has 0 radical (unpaired) electrons. The number of amides is 1. The molecule has 3 rings (SSSR count). The van der Waals surface area contributed by atoms with E-state index >= 15 is 0 Å². The first-order chi connectivity index (χ1) is 11.1. The molecule has 0 spiro atoms. The summed E-state index contributed by atoms with van der Waals surface area (Å²) in [6.07, 6.45) is 3.34. The molecule has 0 bridgehead atoms. The third-order valence-electron chi connectivity index (χ3n) is 3.57. The van der Waals surface area contributed by atoms with Gasteiger partial charge in [-0.1, -0.05) is 12.1 Å². The van der Waals surface area contributed by atoms with Gasteiger partial charge in [0.25, 0.3) is 10.0 Å². The molecule has 1 saturated heterocycles. The van der Waals surface area contributed by atoms with Crippen molar-refractivity contribution in [1.29, 1.82) is 0 Å². The van der Waals surface area contributed by atoms with Gasteiger partial charge in [-0.2, -0.15) is 4.31 Å². The first-order valence-electron chi connectivity index (χ1n) is 7.11. The number of piperazine rings is 1. The Morgan fingerprint density at radius 3 is 2.35 bits per heavy atom. The number of rotatable bonds is 4. The zero-order chi connectivity index (χ0) is 16.3. The molecule has 0 aromatic carbocycles. The third kappa shape index (κ3) is 3.72. The first kappa shape index (κ1) is 16.4. The number of nitrogens with zero attached hydrogens (tertiary/aromatic N) is 2. The summed E-state index contributed by atoms with van der Waals surface area (Å²) in [5, 5.41) is 3.71. The highest BCUT2D eigenvalue weighted by Crippen LogP contribution is 2.22. The predicted octanol–water partition coefficient (Wildman–Crippen LogP) is 2.36. The van der Waals surface area contributed by atoms with E-state index in [4.69, 9.17) is 0 Å². The standard InChI is InChI=1S/C15H16N2O3S3/c18-14(6-5-13-3-1-11-21-13)16-7-9-17(10-8-16)23(19,20)15-4-2-12-22-15/h1-6,11-12H,7-10H2/b6-5+. The molecule has 122 valence electrons. The fourth-order valence-electron chi connectivity index (χ4n) is 2.33. The molecule has 5 nitrogen and oxygen atoms in total. The van der Waals surface area contributed by atoms with Gasteiger partial charge in [-0.05, 0) is 29.0 Å². The van der Waals surface area contributed by atoms with Gasteiger partial charge in [0, 0.05) is 37.1 Å². The molecule has 2 aromatic rings. The van der Waals surface area contributed by atoms with E-state index in [1.54, 1.807) is 45.9 Å². The van der Waals surface area contributed by atoms with E-state index < -0.39 is 10.0 Å². The van der Waals surface area contributed by atoms with E-state index in [1.807, 2.05) is 17.5 Å². The van der Waals surface area contributed by atoms with Crippen LogP contribution in [0.4, 0.5) is 0 Å². The predicted molar refractivity (Wildman–Crippen MR) is 93.0 cm³/mol. The molecule has 8 heteroatoms. The highest BCUT2D eigenvalue weighted by Gasteiger charge is 2.30. The van der Waals surface area contributed by atoms with Crippen molar-refractivity contribution in [3.05, 3.63) is 46.0 Å². The van der Waals surface area contributed by atoms with Gasteiger partial charge >= 0.3 is 0 Å². The van der Waals surface area contributed by atoms with Crippen LogP contribution in [0.25, 0.3) is 6.08 Å². The Bertz CT molecular complexity index is 772.